The highest BCUT2D eigenvalue weighted by molar-refractivity contribution is 5.56. The molecule has 0 atom stereocenters. The summed E-state index contributed by atoms with van der Waals surface area (Å²) >= 11 is 0. The molecule has 1 aromatic carbocycles. The Balaban J connectivity index is 1.91. The van der Waals surface area contributed by atoms with Gasteiger partial charge in [-0.2, -0.15) is 0 Å². The molecule has 1 aliphatic carbocycles. The third kappa shape index (κ3) is 2.31. The Morgan fingerprint density at radius 3 is 2.56 bits per heavy atom. The molecule has 0 unspecified atom stereocenters. The first-order chi connectivity index (χ1) is 7.70. The van der Waals surface area contributed by atoms with Gasteiger partial charge in [0.25, 0.3) is 0 Å². The van der Waals surface area contributed by atoms with Crippen molar-refractivity contribution < 1.29 is 4.74 Å². The molecule has 0 heterocycles. The van der Waals surface area contributed by atoms with Gasteiger partial charge in [-0.25, -0.2) is 0 Å². The molecule has 0 aromatic heterocycles. The van der Waals surface area contributed by atoms with Crippen LogP contribution in [0.15, 0.2) is 24.3 Å². The zero-order valence-electron chi connectivity index (χ0n) is 10.4. The number of nitrogens with one attached hydrogen (secondary N) is 1. The predicted molar refractivity (Wildman–Crippen MR) is 68.0 cm³/mol. The van der Waals surface area contributed by atoms with Crippen LogP contribution < -0.4 is 10.1 Å². The van der Waals surface area contributed by atoms with Crippen molar-refractivity contribution in [1.29, 1.82) is 0 Å². The minimum absolute atomic E-state index is 0.628. The van der Waals surface area contributed by atoms with Crippen LogP contribution in [0.2, 0.25) is 0 Å². The zero-order chi connectivity index (χ0) is 11.5. The molecular formula is C14H21NO. The van der Waals surface area contributed by atoms with Crippen LogP contribution in [0.3, 0.4) is 0 Å². The minimum Gasteiger partial charge on any atom is -0.495 e. The summed E-state index contributed by atoms with van der Waals surface area (Å²) in [5.74, 6) is 2.65. The number of rotatable bonds is 4. The second-order valence-corrected chi connectivity index (χ2v) is 5.02. The Hall–Kier alpha value is -1.18. The van der Waals surface area contributed by atoms with Crippen molar-refractivity contribution in [3.8, 4) is 5.75 Å². The van der Waals surface area contributed by atoms with Crippen LogP contribution in [0.1, 0.15) is 26.7 Å². The summed E-state index contributed by atoms with van der Waals surface area (Å²) in [6, 6.07) is 8.76. The lowest BCUT2D eigenvalue weighted by atomic mass is 9.73. The highest BCUT2D eigenvalue weighted by Gasteiger charge is 2.31. The SMILES string of the molecule is COc1ccccc1NC1CC(C(C)C)C1. The van der Waals surface area contributed by atoms with Crippen LogP contribution >= 0.6 is 0 Å². The number of methoxy groups -OCH3 is 1. The van der Waals surface area contributed by atoms with Crippen LogP contribution in [0.5, 0.6) is 5.75 Å². The van der Waals surface area contributed by atoms with Gasteiger partial charge in [0.05, 0.1) is 12.8 Å². The van der Waals surface area contributed by atoms with Gasteiger partial charge in [0.1, 0.15) is 5.75 Å². The van der Waals surface area contributed by atoms with E-state index in [-0.39, 0.29) is 0 Å². The largest absolute Gasteiger partial charge is 0.495 e. The Bertz CT molecular complexity index is 342. The van der Waals surface area contributed by atoms with Crippen molar-refractivity contribution in [3.05, 3.63) is 24.3 Å². The van der Waals surface area contributed by atoms with Gasteiger partial charge in [-0.15, -0.1) is 0 Å². The van der Waals surface area contributed by atoms with Crippen LogP contribution in [0, 0.1) is 11.8 Å². The lowest BCUT2D eigenvalue weighted by molar-refractivity contribution is 0.211. The lowest BCUT2D eigenvalue weighted by Crippen LogP contribution is -2.37. The average molecular weight is 219 g/mol. The maximum atomic E-state index is 5.33. The molecule has 0 spiro atoms. The van der Waals surface area contributed by atoms with Crippen molar-refractivity contribution in [1.82, 2.24) is 0 Å². The first-order valence-electron chi connectivity index (χ1n) is 6.10. The van der Waals surface area contributed by atoms with Crippen molar-refractivity contribution in [2.24, 2.45) is 11.8 Å². The van der Waals surface area contributed by atoms with Crippen LogP contribution in [-0.2, 0) is 0 Å². The Morgan fingerprint density at radius 2 is 1.94 bits per heavy atom. The smallest absolute Gasteiger partial charge is 0.141 e. The van der Waals surface area contributed by atoms with Crippen LogP contribution in [-0.4, -0.2) is 13.2 Å². The third-order valence-corrected chi connectivity index (χ3v) is 3.58. The second kappa shape index (κ2) is 4.77. The quantitative estimate of drug-likeness (QED) is 0.836. The van der Waals surface area contributed by atoms with Gasteiger partial charge in [0.15, 0.2) is 0 Å². The standard InChI is InChI=1S/C14H21NO/c1-10(2)11-8-12(9-11)15-13-6-4-5-7-14(13)16-3/h4-7,10-12,15H,8-9H2,1-3H3. The molecule has 0 bridgehead atoms. The molecule has 0 aliphatic heterocycles. The van der Waals surface area contributed by atoms with E-state index in [9.17, 15) is 0 Å². The molecule has 1 N–H and O–H groups in total. The zero-order valence-corrected chi connectivity index (χ0v) is 10.4. The van der Waals surface area contributed by atoms with Crippen LogP contribution in [0.25, 0.3) is 0 Å². The number of ether oxygens (including phenoxy) is 1. The van der Waals surface area contributed by atoms with E-state index in [1.807, 2.05) is 18.2 Å². The Morgan fingerprint density at radius 1 is 1.25 bits per heavy atom. The molecule has 2 rings (SSSR count). The van der Waals surface area contributed by atoms with Crippen molar-refractivity contribution in [3.63, 3.8) is 0 Å². The molecule has 88 valence electrons. The third-order valence-electron chi connectivity index (χ3n) is 3.58. The number of anilines is 1. The summed E-state index contributed by atoms with van der Waals surface area (Å²) in [6.45, 7) is 4.62. The summed E-state index contributed by atoms with van der Waals surface area (Å²) < 4.78 is 5.33. The Labute approximate surface area is 98.0 Å². The maximum Gasteiger partial charge on any atom is 0.141 e. The number of para-hydroxylation sites is 2. The summed E-state index contributed by atoms with van der Waals surface area (Å²) in [5.41, 5.74) is 1.12. The number of hydrogen-bond donors (Lipinski definition) is 1. The van der Waals surface area contributed by atoms with E-state index in [4.69, 9.17) is 4.74 Å². The Kier molecular flexibility index (Phi) is 3.37. The molecule has 2 nitrogen and oxygen atoms in total. The monoisotopic (exact) mass is 219 g/mol. The second-order valence-electron chi connectivity index (χ2n) is 5.02. The molecule has 16 heavy (non-hydrogen) atoms. The topological polar surface area (TPSA) is 21.3 Å². The van der Waals surface area contributed by atoms with E-state index < -0.39 is 0 Å². The summed E-state index contributed by atoms with van der Waals surface area (Å²) in [7, 11) is 1.72. The molecular weight excluding hydrogens is 198 g/mol. The van der Waals surface area contributed by atoms with Gasteiger partial charge in [0.2, 0.25) is 0 Å². The van der Waals surface area contributed by atoms with Crippen molar-refractivity contribution in [2.45, 2.75) is 32.7 Å². The normalized spacial score (nSPS) is 24.0. The van der Waals surface area contributed by atoms with Crippen molar-refractivity contribution >= 4 is 5.69 Å². The summed E-state index contributed by atoms with van der Waals surface area (Å²) in [5, 5.41) is 3.56. The molecule has 0 radical (unpaired) electrons. The maximum absolute atomic E-state index is 5.33. The van der Waals surface area contributed by atoms with Crippen molar-refractivity contribution in [2.75, 3.05) is 12.4 Å². The highest BCUT2D eigenvalue weighted by atomic mass is 16.5. The molecule has 2 heteroatoms. The van der Waals surface area contributed by atoms with Gasteiger partial charge in [-0.3, -0.25) is 0 Å². The number of benzene rings is 1. The van der Waals surface area contributed by atoms with E-state index >= 15 is 0 Å². The summed E-state index contributed by atoms with van der Waals surface area (Å²) in [6.07, 6.45) is 2.57. The molecule has 1 saturated carbocycles. The van der Waals surface area contributed by atoms with Gasteiger partial charge in [-0.05, 0) is 36.8 Å². The summed E-state index contributed by atoms with van der Waals surface area (Å²) in [4.78, 5) is 0. The van der Waals surface area contributed by atoms with Gasteiger partial charge >= 0.3 is 0 Å². The van der Waals surface area contributed by atoms with Gasteiger partial charge in [-0.1, -0.05) is 26.0 Å². The molecule has 1 fully saturated rings. The molecule has 0 amide bonds. The first kappa shape index (κ1) is 11.3. The van der Waals surface area contributed by atoms with E-state index in [1.165, 1.54) is 12.8 Å². The predicted octanol–water partition coefficient (Wildman–Crippen LogP) is 3.54. The van der Waals surface area contributed by atoms with Crippen LogP contribution in [0.4, 0.5) is 5.69 Å². The average Bonchev–Trinajstić information content (AvgIpc) is 2.22. The molecule has 0 saturated heterocycles. The molecule has 1 aliphatic rings. The lowest BCUT2D eigenvalue weighted by Gasteiger charge is -2.39. The van der Waals surface area contributed by atoms with E-state index in [0.29, 0.717) is 6.04 Å². The molecule has 1 aromatic rings. The van der Waals surface area contributed by atoms with E-state index in [2.05, 4.69) is 25.2 Å². The fourth-order valence-electron chi connectivity index (χ4n) is 2.31. The minimum atomic E-state index is 0.628. The fraction of sp³-hybridized carbons (Fsp3) is 0.571. The van der Waals surface area contributed by atoms with Gasteiger partial charge in [0, 0.05) is 6.04 Å². The fourth-order valence-corrected chi connectivity index (χ4v) is 2.31. The highest BCUT2D eigenvalue weighted by Crippen LogP contribution is 2.37. The first-order valence-corrected chi connectivity index (χ1v) is 6.10. The van der Waals surface area contributed by atoms with E-state index in [1.54, 1.807) is 7.11 Å². The van der Waals surface area contributed by atoms with E-state index in [0.717, 1.165) is 23.3 Å². The number of hydrogen-bond acceptors (Lipinski definition) is 2. The van der Waals surface area contributed by atoms with Gasteiger partial charge < -0.3 is 10.1 Å².